The number of likely N-dealkylation sites (tertiary alicyclic amines) is 1. The Bertz CT molecular complexity index is 1660. The number of hydrogen-bond donors (Lipinski definition) is 6. The number of piperidine rings is 1. The van der Waals surface area contributed by atoms with E-state index in [0.29, 0.717) is 35.3 Å². The van der Waals surface area contributed by atoms with E-state index in [4.69, 9.17) is 16.2 Å². The van der Waals surface area contributed by atoms with Crippen molar-refractivity contribution in [3.05, 3.63) is 34.9 Å². The highest BCUT2D eigenvalue weighted by molar-refractivity contribution is 7.99. The summed E-state index contributed by atoms with van der Waals surface area (Å²) in [6.07, 6.45) is 2.35. The van der Waals surface area contributed by atoms with Crippen LogP contribution in [0.2, 0.25) is 0 Å². The van der Waals surface area contributed by atoms with Gasteiger partial charge in [0.1, 0.15) is 29.7 Å². The second-order valence-corrected chi connectivity index (χ2v) is 11.5. The molecule has 4 aromatic rings. The molecule has 0 aliphatic carbocycles. The number of nitrogen functional groups attached to an aromatic ring is 2. The summed E-state index contributed by atoms with van der Waals surface area (Å²) in [6.45, 7) is 2.78. The van der Waals surface area contributed by atoms with Crippen molar-refractivity contribution in [1.29, 1.82) is 0 Å². The molecule has 17 nitrogen and oxygen atoms in total. The zero-order chi connectivity index (χ0) is 29.4. The smallest absolute Gasteiger partial charge is 0.280 e. The van der Waals surface area contributed by atoms with E-state index in [2.05, 4.69) is 45.1 Å². The van der Waals surface area contributed by atoms with Gasteiger partial charge in [-0.25, -0.2) is 24.9 Å². The van der Waals surface area contributed by atoms with Gasteiger partial charge in [-0.05, 0) is 25.9 Å². The van der Waals surface area contributed by atoms with Gasteiger partial charge in [0.2, 0.25) is 5.95 Å². The number of carbonyl (C=O) groups is 1. The number of aromatic nitrogens is 8. The third kappa shape index (κ3) is 5.58. The number of thioether (sulfide) groups is 1. The number of nitrogens with zero attached hydrogens (tertiary/aromatic N) is 8. The number of rotatable bonds is 8. The molecule has 2 saturated heterocycles. The number of aromatic amines is 1. The largest absolute Gasteiger partial charge is 0.387 e. The van der Waals surface area contributed by atoms with Crippen molar-refractivity contribution in [1.82, 2.24) is 49.7 Å². The third-order valence-electron chi connectivity index (χ3n) is 7.41. The summed E-state index contributed by atoms with van der Waals surface area (Å²) in [5.74, 6) is 0.256. The van der Waals surface area contributed by atoms with Crippen molar-refractivity contribution >= 4 is 51.8 Å². The van der Waals surface area contributed by atoms with Crippen LogP contribution in [0, 0.1) is 0 Å². The van der Waals surface area contributed by atoms with Crippen LogP contribution in [0.3, 0.4) is 0 Å². The Morgan fingerprint density at radius 3 is 2.74 bits per heavy atom. The van der Waals surface area contributed by atoms with Gasteiger partial charge in [-0.15, -0.1) is 0 Å². The molecule has 0 spiro atoms. The van der Waals surface area contributed by atoms with Crippen LogP contribution < -0.4 is 22.3 Å². The molecule has 0 saturated carbocycles. The maximum Gasteiger partial charge on any atom is 0.280 e. The number of nitrogens with one attached hydrogen (secondary N) is 2. The molecule has 4 aromatic heterocycles. The molecule has 2 aliphatic heterocycles. The number of hydrogen-bond acceptors (Lipinski definition) is 15. The SMILES string of the molecule is Nc1nc2ncc(C(=O)NCCN3CCC(SC[C@H]4O[C@@H](n5cnc6c(N)ncnc65)[C@H](O)[C@@H]4O)CC3)nc2c(=O)[nH]1. The number of H-pyrrole nitrogens is 1. The molecule has 1 amide bonds. The molecule has 2 fully saturated rings. The highest BCUT2D eigenvalue weighted by Gasteiger charge is 2.44. The molecule has 2 aliphatic rings. The maximum atomic E-state index is 12.5. The number of anilines is 2. The monoisotopic (exact) mass is 598 g/mol. The first-order valence-corrected chi connectivity index (χ1v) is 14.4. The van der Waals surface area contributed by atoms with Gasteiger partial charge in [0.05, 0.1) is 18.6 Å². The van der Waals surface area contributed by atoms with Crippen molar-refractivity contribution in [2.24, 2.45) is 0 Å². The van der Waals surface area contributed by atoms with Crippen LogP contribution in [0.5, 0.6) is 0 Å². The first-order valence-electron chi connectivity index (χ1n) is 13.4. The highest BCUT2D eigenvalue weighted by Crippen LogP contribution is 2.35. The van der Waals surface area contributed by atoms with Crippen LogP contribution in [-0.4, -0.2) is 116 Å². The normalized spacial score (nSPS) is 23.6. The third-order valence-corrected chi connectivity index (χ3v) is 8.88. The molecule has 8 N–H and O–H groups in total. The van der Waals surface area contributed by atoms with Crippen LogP contribution in [-0.2, 0) is 4.74 Å². The number of imidazole rings is 1. The minimum absolute atomic E-state index is 0.0250. The molecule has 42 heavy (non-hydrogen) atoms. The topological polar surface area (TPSA) is 249 Å². The molecular formula is C24H30N12O5S. The van der Waals surface area contributed by atoms with E-state index in [1.54, 1.807) is 16.3 Å². The summed E-state index contributed by atoms with van der Waals surface area (Å²) < 4.78 is 7.62. The lowest BCUT2D eigenvalue weighted by Crippen LogP contribution is -2.40. The van der Waals surface area contributed by atoms with Gasteiger partial charge in [0.15, 0.2) is 28.9 Å². The Morgan fingerprint density at radius 2 is 1.93 bits per heavy atom. The number of nitrogens with two attached hydrogens (primary N) is 2. The predicted molar refractivity (Wildman–Crippen MR) is 152 cm³/mol. The second-order valence-electron chi connectivity index (χ2n) is 10.1. The summed E-state index contributed by atoms with van der Waals surface area (Å²) >= 11 is 1.72. The highest BCUT2D eigenvalue weighted by atomic mass is 32.2. The number of carbonyl (C=O) groups excluding carboxylic acids is 1. The molecule has 0 unspecified atom stereocenters. The summed E-state index contributed by atoms with van der Waals surface area (Å²) in [4.78, 5) is 53.5. The van der Waals surface area contributed by atoms with Gasteiger partial charge in [0.25, 0.3) is 11.5 Å². The van der Waals surface area contributed by atoms with Gasteiger partial charge in [0, 0.05) is 24.1 Å². The summed E-state index contributed by atoms with van der Waals surface area (Å²) in [5.41, 5.74) is 11.7. The van der Waals surface area contributed by atoms with Crippen molar-refractivity contribution in [3.63, 3.8) is 0 Å². The van der Waals surface area contributed by atoms with E-state index in [0.717, 1.165) is 25.9 Å². The molecule has 6 rings (SSSR count). The number of fused-ring (bicyclic) bond motifs is 2. The fourth-order valence-electron chi connectivity index (χ4n) is 5.15. The van der Waals surface area contributed by atoms with E-state index >= 15 is 0 Å². The van der Waals surface area contributed by atoms with Gasteiger partial charge in [-0.2, -0.15) is 16.7 Å². The summed E-state index contributed by atoms with van der Waals surface area (Å²) in [7, 11) is 0. The van der Waals surface area contributed by atoms with Crippen LogP contribution in [0.15, 0.2) is 23.6 Å². The molecule has 0 radical (unpaired) electrons. The van der Waals surface area contributed by atoms with Crippen LogP contribution in [0.1, 0.15) is 29.6 Å². The van der Waals surface area contributed by atoms with Gasteiger partial charge < -0.3 is 36.6 Å². The summed E-state index contributed by atoms with van der Waals surface area (Å²) in [6, 6.07) is 0. The zero-order valence-corrected chi connectivity index (χ0v) is 23.1. The van der Waals surface area contributed by atoms with Gasteiger partial charge in [-0.3, -0.25) is 19.1 Å². The Labute approximate surface area is 242 Å². The first kappa shape index (κ1) is 28.2. The average Bonchev–Trinajstić information content (AvgIpc) is 3.53. The number of ether oxygens (including phenoxy) is 1. The van der Waals surface area contributed by atoms with Crippen molar-refractivity contribution in [2.45, 2.75) is 42.6 Å². The van der Waals surface area contributed by atoms with E-state index in [1.165, 1.54) is 18.9 Å². The number of aliphatic hydroxyl groups excluding tert-OH is 2. The number of aliphatic hydroxyl groups is 2. The van der Waals surface area contributed by atoms with Crippen molar-refractivity contribution in [2.75, 3.05) is 43.4 Å². The van der Waals surface area contributed by atoms with Gasteiger partial charge in [-0.1, -0.05) is 0 Å². The van der Waals surface area contributed by atoms with Crippen LogP contribution in [0.4, 0.5) is 11.8 Å². The molecule has 18 heteroatoms. The lowest BCUT2D eigenvalue weighted by Gasteiger charge is -2.32. The lowest BCUT2D eigenvalue weighted by molar-refractivity contribution is -0.0289. The average molecular weight is 599 g/mol. The minimum Gasteiger partial charge on any atom is -0.387 e. The van der Waals surface area contributed by atoms with E-state index in [1.807, 2.05) is 0 Å². The van der Waals surface area contributed by atoms with Crippen molar-refractivity contribution in [3.8, 4) is 0 Å². The quantitative estimate of drug-likeness (QED) is 0.132. The molecule has 0 aromatic carbocycles. The van der Waals surface area contributed by atoms with Crippen LogP contribution >= 0.6 is 11.8 Å². The predicted octanol–water partition coefficient (Wildman–Crippen LogP) is -1.74. The molecule has 222 valence electrons. The first-order chi connectivity index (χ1) is 20.3. The fraction of sp³-hybridized carbons (Fsp3) is 0.500. The van der Waals surface area contributed by atoms with Gasteiger partial charge >= 0.3 is 0 Å². The second kappa shape index (κ2) is 11.7. The van der Waals surface area contributed by atoms with Crippen molar-refractivity contribution < 1.29 is 19.7 Å². The maximum absolute atomic E-state index is 12.5. The van der Waals surface area contributed by atoms with Crippen LogP contribution in [0.25, 0.3) is 22.3 Å². The van der Waals surface area contributed by atoms with E-state index in [-0.39, 0.29) is 28.6 Å². The molecule has 4 atom stereocenters. The molecule has 6 heterocycles. The Kier molecular flexibility index (Phi) is 7.86. The lowest BCUT2D eigenvalue weighted by atomic mass is 10.1. The molecule has 0 bridgehead atoms. The Morgan fingerprint density at radius 1 is 1.12 bits per heavy atom. The minimum atomic E-state index is -1.14. The Hall–Kier alpha value is -3.97. The molecular weight excluding hydrogens is 568 g/mol. The summed E-state index contributed by atoms with van der Waals surface area (Å²) in [5, 5.41) is 24.6. The fourth-order valence-corrected chi connectivity index (χ4v) is 6.43. The Balaban J connectivity index is 0.945. The zero-order valence-electron chi connectivity index (χ0n) is 22.3. The number of amides is 1. The van der Waals surface area contributed by atoms with E-state index < -0.39 is 36.0 Å². The van der Waals surface area contributed by atoms with E-state index in [9.17, 15) is 19.8 Å². The standard InChI is InChI=1S/C24H30N12O5S/c25-18-14-20(30-9-29-18)36(10-31-14)23-17(38)16(37)13(41-23)8-42-11-1-4-35(5-2-11)6-3-27-21(39)12-7-28-19-15(32-12)22(40)34-24(26)33-19/h7,9-11,13,16-17,23,37-38H,1-6,8H2,(H,27,39)(H2,25,29,30)(H3,26,28,33,34,40)/t13-,16-,17-,23-/m1/s1.